The van der Waals surface area contributed by atoms with Crippen LogP contribution in [-0.4, -0.2) is 54.4 Å². The molecule has 0 saturated carbocycles. The largest absolute Gasteiger partial charge is 0.507 e. The van der Waals surface area contributed by atoms with Crippen LogP contribution in [0.3, 0.4) is 0 Å². The smallest absolute Gasteiger partial charge is 0.296 e. The van der Waals surface area contributed by atoms with E-state index in [1.807, 2.05) is 38.1 Å². The second-order valence-electron chi connectivity index (χ2n) is 8.41. The molecule has 1 fully saturated rings. The zero-order valence-corrected chi connectivity index (χ0v) is 19.1. The fourth-order valence-corrected chi connectivity index (χ4v) is 4.83. The molecule has 2 aromatic rings. The van der Waals surface area contributed by atoms with Crippen LogP contribution >= 0.6 is 0 Å². The highest BCUT2D eigenvalue weighted by molar-refractivity contribution is 6.50. The maximum atomic E-state index is 14.1. The fourth-order valence-electron chi connectivity index (χ4n) is 4.83. The van der Waals surface area contributed by atoms with Gasteiger partial charge in [0.2, 0.25) is 0 Å². The second-order valence-corrected chi connectivity index (χ2v) is 8.41. The first-order valence-corrected chi connectivity index (χ1v) is 11.2. The van der Waals surface area contributed by atoms with E-state index in [1.165, 1.54) is 4.90 Å². The SMILES string of the molecule is CCCN1C(=O)C2(/C(=C(/O)c3ccc(C)cc3)C(=O)C(=O)N2CCCOC)c2ccccc21. The van der Waals surface area contributed by atoms with E-state index in [1.54, 1.807) is 36.3 Å². The lowest BCUT2D eigenvalue weighted by atomic mass is 9.81. The molecule has 7 heteroatoms. The van der Waals surface area contributed by atoms with Crippen LogP contribution in [0.2, 0.25) is 0 Å². The average molecular weight is 449 g/mol. The van der Waals surface area contributed by atoms with Crippen LogP contribution in [0.5, 0.6) is 0 Å². The molecule has 2 amide bonds. The van der Waals surface area contributed by atoms with E-state index < -0.39 is 23.1 Å². The number of carbonyl (C=O) groups excluding carboxylic acids is 3. The van der Waals surface area contributed by atoms with Gasteiger partial charge < -0.3 is 19.6 Å². The molecule has 2 aliphatic heterocycles. The summed E-state index contributed by atoms with van der Waals surface area (Å²) in [6.45, 7) is 4.82. The molecule has 2 aliphatic rings. The Hall–Kier alpha value is -3.45. The van der Waals surface area contributed by atoms with Crippen LogP contribution in [-0.2, 0) is 24.7 Å². The Morgan fingerprint density at radius 3 is 2.39 bits per heavy atom. The van der Waals surface area contributed by atoms with Crippen molar-refractivity contribution >= 4 is 29.0 Å². The van der Waals surface area contributed by atoms with Gasteiger partial charge in [0.15, 0.2) is 5.54 Å². The molecule has 1 saturated heterocycles. The van der Waals surface area contributed by atoms with Gasteiger partial charge in [-0.2, -0.15) is 0 Å². The number of aliphatic hydroxyl groups excluding tert-OH is 1. The Bertz CT molecular complexity index is 1140. The molecule has 33 heavy (non-hydrogen) atoms. The predicted octanol–water partition coefficient (Wildman–Crippen LogP) is 3.36. The molecule has 1 N–H and O–H groups in total. The minimum atomic E-state index is -1.71. The number of hydrogen-bond acceptors (Lipinski definition) is 5. The first-order valence-electron chi connectivity index (χ1n) is 11.2. The number of ketones is 1. The van der Waals surface area contributed by atoms with E-state index in [0.29, 0.717) is 42.8 Å². The average Bonchev–Trinajstić information content (AvgIpc) is 3.19. The maximum absolute atomic E-state index is 14.1. The molecule has 0 aromatic heterocycles. The number of nitrogens with zero attached hydrogens (tertiary/aromatic N) is 2. The second kappa shape index (κ2) is 8.83. The summed E-state index contributed by atoms with van der Waals surface area (Å²) in [5.41, 5.74) is 0.672. The highest BCUT2D eigenvalue weighted by atomic mass is 16.5. The number of aryl methyl sites for hydroxylation is 1. The number of ether oxygens (including phenoxy) is 1. The van der Waals surface area contributed by atoms with Crippen LogP contribution in [0.4, 0.5) is 5.69 Å². The van der Waals surface area contributed by atoms with E-state index in [9.17, 15) is 19.5 Å². The summed E-state index contributed by atoms with van der Waals surface area (Å²) < 4.78 is 5.15. The Morgan fingerprint density at radius 1 is 1.03 bits per heavy atom. The normalized spacial score (nSPS) is 21.4. The number of likely N-dealkylation sites (tertiary alicyclic amines) is 1. The highest BCUT2D eigenvalue weighted by Crippen LogP contribution is 2.53. The van der Waals surface area contributed by atoms with Crippen molar-refractivity contribution < 1.29 is 24.2 Å². The van der Waals surface area contributed by atoms with Gasteiger partial charge >= 0.3 is 0 Å². The van der Waals surface area contributed by atoms with Crippen molar-refractivity contribution in [2.75, 3.05) is 31.7 Å². The van der Waals surface area contributed by atoms with E-state index in [2.05, 4.69) is 0 Å². The van der Waals surface area contributed by atoms with E-state index in [0.717, 1.165) is 5.56 Å². The van der Waals surface area contributed by atoms with Gasteiger partial charge in [-0.25, -0.2) is 0 Å². The van der Waals surface area contributed by atoms with Gasteiger partial charge in [0.05, 0.1) is 11.3 Å². The number of anilines is 1. The number of hydrogen-bond donors (Lipinski definition) is 1. The first-order chi connectivity index (χ1) is 15.9. The Labute approximate surface area is 193 Å². The number of amides is 2. The molecular formula is C26H28N2O5. The van der Waals surface area contributed by atoms with Crippen molar-refractivity contribution in [1.29, 1.82) is 0 Å². The molecule has 2 aromatic carbocycles. The number of rotatable bonds is 7. The van der Waals surface area contributed by atoms with Gasteiger partial charge in [-0.3, -0.25) is 14.4 Å². The lowest BCUT2D eigenvalue weighted by molar-refractivity contribution is -0.143. The molecule has 0 bridgehead atoms. The van der Waals surface area contributed by atoms with Gasteiger partial charge in [0.1, 0.15) is 5.76 Å². The molecule has 172 valence electrons. The van der Waals surface area contributed by atoms with E-state index >= 15 is 0 Å². The number of aliphatic hydroxyl groups is 1. The Morgan fingerprint density at radius 2 is 1.73 bits per heavy atom. The highest BCUT2D eigenvalue weighted by Gasteiger charge is 2.66. The van der Waals surface area contributed by atoms with Gasteiger partial charge in [-0.15, -0.1) is 0 Å². The molecular weight excluding hydrogens is 420 g/mol. The number of methoxy groups -OCH3 is 1. The molecule has 1 unspecified atom stereocenters. The zero-order valence-electron chi connectivity index (χ0n) is 19.1. The predicted molar refractivity (Wildman–Crippen MR) is 125 cm³/mol. The summed E-state index contributed by atoms with van der Waals surface area (Å²) in [7, 11) is 1.56. The molecule has 1 spiro atoms. The quantitative estimate of drug-likeness (QED) is 0.304. The topological polar surface area (TPSA) is 87.2 Å². The van der Waals surface area contributed by atoms with Crippen LogP contribution in [0.25, 0.3) is 5.76 Å². The van der Waals surface area contributed by atoms with Gasteiger partial charge in [-0.05, 0) is 25.8 Å². The number of fused-ring (bicyclic) bond motifs is 2. The van der Waals surface area contributed by atoms with Crippen molar-refractivity contribution in [3.05, 3.63) is 70.8 Å². The molecule has 2 heterocycles. The molecule has 0 aliphatic carbocycles. The molecule has 7 nitrogen and oxygen atoms in total. The number of benzene rings is 2. The van der Waals surface area contributed by atoms with Crippen LogP contribution in [0.15, 0.2) is 54.1 Å². The molecule has 1 atom stereocenters. The van der Waals surface area contributed by atoms with Crippen LogP contribution in [0, 0.1) is 6.92 Å². The zero-order chi connectivity index (χ0) is 23.8. The Kier molecular flexibility index (Phi) is 6.08. The van der Waals surface area contributed by atoms with Crippen molar-refractivity contribution in [2.45, 2.75) is 32.2 Å². The lowest BCUT2D eigenvalue weighted by Crippen LogP contribution is -2.52. The third-order valence-electron chi connectivity index (χ3n) is 6.31. The van der Waals surface area contributed by atoms with Crippen molar-refractivity contribution in [3.63, 3.8) is 0 Å². The first kappa shape index (κ1) is 22.7. The van der Waals surface area contributed by atoms with Crippen LogP contribution < -0.4 is 4.90 Å². The minimum absolute atomic E-state index is 0.142. The third kappa shape index (κ3) is 3.35. The third-order valence-corrected chi connectivity index (χ3v) is 6.31. The number of carbonyl (C=O) groups is 3. The monoisotopic (exact) mass is 448 g/mol. The summed E-state index contributed by atoms with van der Waals surface area (Å²) in [4.78, 5) is 43.8. The van der Waals surface area contributed by atoms with Gasteiger partial charge in [0, 0.05) is 37.9 Å². The lowest BCUT2D eigenvalue weighted by Gasteiger charge is -2.34. The maximum Gasteiger partial charge on any atom is 0.296 e. The van der Waals surface area contributed by atoms with Crippen molar-refractivity contribution in [2.24, 2.45) is 0 Å². The summed E-state index contributed by atoms with van der Waals surface area (Å²) in [6.07, 6.45) is 1.14. The van der Waals surface area contributed by atoms with E-state index in [4.69, 9.17) is 4.74 Å². The molecule has 4 rings (SSSR count). The van der Waals surface area contributed by atoms with Gasteiger partial charge in [-0.1, -0.05) is 55.0 Å². The standard InChI is InChI=1S/C26H28N2O5/c1-4-14-27-20-9-6-5-8-19(20)26(25(27)32)21(22(29)18-12-10-17(2)11-13-18)23(30)24(31)28(26)15-7-16-33-3/h5-6,8-13,29H,4,7,14-16H2,1-3H3/b22-21+. The summed E-state index contributed by atoms with van der Waals surface area (Å²) in [6, 6.07) is 14.2. The van der Waals surface area contributed by atoms with E-state index in [-0.39, 0.29) is 17.9 Å². The fraction of sp³-hybridized carbons (Fsp3) is 0.346. The minimum Gasteiger partial charge on any atom is -0.507 e. The van der Waals surface area contributed by atoms with Crippen LogP contribution in [0.1, 0.15) is 36.5 Å². The summed E-state index contributed by atoms with van der Waals surface area (Å²) in [5.74, 6) is -2.38. The van der Waals surface area contributed by atoms with Gasteiger partial charge in [0.25, 0.3) is 17.6 Å². The number of Topliss-reactive ketones (excluding diaryl/α,β-unsaturated/α-hetero) is 1. The van der Waals surface area contributed by atoms with Crippen molar-refractivity contribution in [3.8, 4) is 0 Å². The number of para-hydroxylation sites is 1. The summed E-state index contributed by atoms with van der Waals surface area (Å²) >= 11 is 0. The molecule has 0 radical (unpaired) electrons. The summed E-state index contributed by atoms with van der Waals surface area (Å²) in [5, 5.41) is 11.4. The Balaban J connectivity index is 2.01. The van der Waals surface area contributed by atoms with Crippen molar-refractivity contribution in [1.82, 2.24) is 4.90 Å².